The maximum Gasteiger partial charge on any atom is 0.404 e. The van der Waals surface area contributed by atoms with E-state index in [0.717, 1.165) is 16.8 Å². The average molecular weight is 472 g/mol. The zero-order valence-electron chi connectivity index (χ0n) is 13.9. The molecule has 0 aliphatic carbocycles. The quantitative estimate of drug-likeness (QED) is 0.655. The van der Waals surface area contributed by atoms with Crippen molar-refractivity contribution in [3.63, 3.8) is 0 Å². The number of rotatable bonds is 5. The van der Waals surface area contributed by atoms with Crippen LogP contribution in [-0.2, 0) is 17.1 Å². The van der Waals surface area contributed by atoms with Gasteiger partial charge in [0.2, 0.25) is 10.0 Å². The molecule has 27 heavy (non-hydrogen) atoms. The summed E-state index contributed by atoms with van der Waals surface area (Å²) in [5.41, 5.74) is -0.335. The lowest BCUT2D eigenvalue weighted by molar-refractivity contribution is -0.147. The zero-order chi connectivity index (χ0) is 20.6. The van der Waals surface area contributed by atoms with Crippen LogP contribution in [0.25, 0.3) is 0 Å². The summed E-state index contributed by atoms with van der Waals surface area (Å²) in [6.07, 6.45) is -3.78. The van der Waals surface area contributed by atoms with Gasteiger partial charge in [-0.1, -0.05) is 6.07 Å². The fraction of sp³-hybridized carbons (Fsp3) is 0.267. The van der Waals surface area contributed by atoms with Crippen LogP contribution in [0.2, 0.25) is 0 Å². The van der Waals surface area contributed by atoms with Crippen molar-refractivity contribution in [3.8, 4) is 0 Å². The molecule has 0 aliphatic heterocycles. The zero-order valence-corrected chi connectivity index (χ0v) is 16.3. The largest absolute Gasteiger partial charge is 0.404 e. The molecule has 0 fully saturated rings. The molecular weight excluding hydrogens is 458 g/mol. The van der Waals surface area contributed by atoms with Crippen molar-refractivity contribution in [2.45, 2.75) is 24.0 Å². The molecule has 0 spiro atoms. The van der Waals surface area contributed by atoms with Crippen molar-refractivity contribution >= 4 is 37.5 Å². The average Bonchev–Trinajstić information content (AvgIpc) is 2.93. The van der Waals surface area contributed by atoms with Gasteiger partial charge in [-0.15, -0.1) is 0 Å². The molecule has 0 radical (unpaired) electrons. The van der Waals surface area contributed by atoms with E-state index in [1.54, 1.807) is 0 Å². The third-order valence-electron chi connectivity index (χ3n) is 3.55. The van der Waals surface area contributed by atoms with Crippen LogP contribution < -0.4 is 10.0 Å². The third-order valence-corrected chi connectivity index (χ3v) is 5.67. The van der Waals surface area contributed by atoms with E-state index in [4.69, 9.17) is 0 Å². The van der Waals surface area contributed by atoms with E-state index in [1.807, 2.05) is 0 Å². The smallest absolute Gasteiger partial charge is 0.345 e. The number of amides is 1. The molecule has 148 valence electrons. The molecule has 1 atom stereocenters. The monoisotopic (exact) mass is 471 g/mol. The first-order chi connectivity index (χ1) is 12.3. The normalized spacial score (nSPS) is 13.4. The minimum Gasteiger partial charge on any atom is -0.345 e. The van der Waals surface area contributed by atoms with Crippen LogP contribution in [0, 0.1) is 5.82 Å². The van der Waals surface area contributed by atoms with Crippen LogP contribution in [0.4, 0.5) is 23.2 Å². The number of nitrogens with one attached hydrogen (secondary N) is 2. The van der Waals surface area contributed by atoms with E-state index < -0.39 is 38.9 Å². The Morgan fingerprint density at radius 2 is 1.93 bits per heavy atom. The minimum atomic E-state index is -4.76. The topological polar surface area (TPSA) is 80.2 Å². The van der Waals surface area contributed by atoms with Gasteiger partial charge in [-0.3, -0.25) is 4.79 Å². The van der Waals surface area contributed by atoms with Gasteiger partial charge < -0.3 is 9.88 Å². The van der Waals surface area contributed by atoms with Crippen molar-refractivity contribution in [2.75, 3.05) is 5.32 Å². The molecule has 6 nitrogen and oxygen atoms in total. The Hall–Kier alpha value is -1.92. The van der Waals surface area contributed by atoms with Crippen LogP contribution >= 0.6 is 15.9 Å². The molecule has 12 heteroatoms. The number of aromatic nitrogens is 1. The Balaban J connectivity index is 2.27. The molecule has 2 rings (SSSR count). The first-order valence-corrected chi connectivity index (χ1v) is 9.61. The van der Waals surface area contributed by atoms with Crippen molar-refractivity contribution in [2.24, 2.45) is 7.05 Å². The summed E-state index contributed by atoms with van der Waals surface area (Å²) in [6.45, 7) is 0.657. The highest BCUT2D eigenvalue weighted by atomic mass is 79.9. The number of hydrogen-bond donors (Lipinski definition) is 2. The molecule has 1 amide bonds. The fourth-order valence-corrected chi connectivity index (χ4v) is 3.73. The van der Waals surface area contributed by atoms with Gasteiger partial charge in [-0.2, -0.15) is 17.9 Å². The second kappa shape index (κ2) is 7.60. The lowest BCUT2D eigenvalue weighted by Crippen LogP contribution is -2.42. The maximum absolute atomic E-state index is 13.9. The number of nitrogens with zero attached hydrogens (tertiary/aromatic N) is 1. The van der Waals surface area contributed by atoms with Crippen LogP contribution in [0.15, 0.2) is 39.8 Å². The molecule has 0 saturated carbocycles. The highest BCUT2D eigenvalue weighted by Crippen LogP contribution is 2.24. The summed E-state index contributed by atoms with van der Waals surface area (Å²) < 4.78 is 78.6. The Bertz CT molecular complexity index is 973. The highest BCUT2D eigenvalue weighted by molar-refractivity contribution is 9.10. The molecule has 1 aromatic carbocycles. The van der Waals surface area contributed by atoms with Gasteiger partial charge in [0.1, 0.15) is 16.6 Å². The predicted octanol–water partition coefficient (Wildman–Crippen LogP) is 3.41. The lowest BCUT2D eigenvalue weighted by Gasteiger charge is -2.16. The summed E-state index contributed by atoms with van der Waals surface area (Å²) in [5, 5.41) is 2.28. The van der Waals surface area contributed by atoms with Gasteiger partial charge in [0.05, 0.1) is 10.2 Å². The Morgan fingerprint density at radius 1 is 1.30 bits per heavy atom. The second-order valence-corrected chi connectivity index (χ2v) is 8.18. The Labute approximate surface area is 160 Å². The Morgan fingerprint density at radius 3 is 2.52 bits per heavy atom. The van der Waals surface area contributed by atoms with Crippen LogP contribution in [-0.4, -0.2) is 31.1 Å². The molecule has 0 unspecified atom stereocenters. The molecule has 1 aromatic heterocycles. The van der Waals surface area contributed by atoms with Gasteiger partial charge in [0, 0.05) is 13.2 Å². The van der Waals surface area contributed by atoms with Gasteiger partial charge in [-0.05, 0) is 41.1 Å². The maximum atomic E-state index is 13.9. The number of carbonyl (C=O) groups is 1. The number of sulfonamides is 1. The van der Waals surface area contributed by atoms with Crippen LogP contribution in [0.3, 0.4) is 0 Å². The number of carbonyl (C=O) groups excluding carboxylic acids is 1. The molecular formula is C15H14BrF4N3O3S. The minimum absolute atomic E-state index is 0.112. The number of anilines is 1. The van der Waals surface area contributed by atoms with Gasteiger partial charge >= 0.3 is 6.18 Å². The molecule has 2 N–H and O–H groups in total. The van der Waals surface area contributed by atoms with Gasteiger partial charge in [0.15, 0.2) is 5.82 Å². The van der Waals surface area contributed by atoms with E-state index in [1.165, 1.54) is 30.0 Å². The summed E-state index contributed by atoms with van der Waals surface area (Å²) in [7, 11) is -3.19. The van der Waals surface area contributed by atoms with E-state index in [9.17, 15) is 30.8 Å². The third kappa shape index (κ3) is 4.87. The van der Waals surface area contributed by atoms with E-state index in [2.05, 4.69) is 21.2 Å². The highest BCUT2D eigenvalue weighted by Gasteiger charge is 2.39. The molecule has 1 heterocycles. The van der Waals surface area contributed by atoms with E-state index >= 15 is 0 Å². The molecule has 0 aliphatic rings. The Kier molecular flexibility index (Phi) is 6.02. The van der Waals surface area contributed by atoms with Crippen LogP contribution in [0.5, 0.6) is 0 Å². The van der Waals surface area contributed by atoms with Gasteiger partial charge in [-0.25, -0.2) is 12.8 Å². The van der Waals surface area contributed by atoms with Gasteiger partial charge in [0.25, 0.3) is 5.91 Å². The summed E-state index contributed by atoms with van der Waals surface area (Å²) in [5.74, 6) is -1.56. The molecule has 0 bridgehead atoms. The number of alkyl halides is 3. The summed E-state index contributed by atoms with van der Waals surface area (Å²) in [6, 6.07) is 2.79. The number of hydrogen-bond acceptors (Lipinski definition) is 3. The second-order valence-electron chi connectivity index (χ2n) is 5.61. The number of benzene rings is 1. The van der Waals surface area contributed by atoms with E-state index in [0.29, 0.717) is 6.92 Å². The molecule has 0 saturated heterocycles. The lowest BCUT2D eigenvalue weighted by atomic mass is 10.3. The molecule has 2 aromatic rings. The predicted molar refractivity (Wildman–Crippen MR) is 93.3 cm³/mol. The first kappa shape index (κ1) is 21.4. The van der Waals surface area contributed by atoms with Crippen LogP contribution in [0.1, 0.15) is 17.4 Å². The van der Waals surface area contributed by atoms with Crippen molar-refractivity contribution in [1.82, 2.24) is 9.29 Å². The SMILES string of the molecule is C[C@@H](NS(=O)(=O)c1cc(C(=O)Nc2cccc(Br)c2F)n(C)c1)C(F)(F)F. The van der Waals surface area contributed by atoms with E-state index in [-0.39, 0.29) is 15.9 Å². The first-order valence-electron chi connectivity index (χ1n) is 7.33. The number of aryl methyl sites for hydroxylation is 1. The fourth-order valence-electron chi connectivity index (χ4n) is 2.06. The summed E-state index contributed by atoms with van der Waals surface area (Å²) in [4.78, 5) is 11.8. The number of halogens is 5. The van der Waals surface area contributed by atoms with Crippen molar-refractivity contribution < 1.29 is 30.8 Å². The summed E-state index contributed by atoms with van der Waals surface area (Å²) >= 11 is 2.96. The van der Waals surface area contributed by atoms with Crippen molar-refractivity contribution in [3.05, 3.63) is 46.4 Å². The van der Waals surface area contributed by atoms with Crippen molar-refractivity contribution in [1.29, 1.82) is 0 Å². The standard InChI is InChI=1S/C15H14BrF4N3O3S/c1-8(15(18,19)20)22-27(25,26)9-6-12(23(2)7-9)14(24)21-11-5-3-4-10(16)13(11)17/h3-8,22H,1-2H3,(H,21,24)/t8-/m1/s1.